The molecule has 0 heterocycles. The molecule has 0 aliphatic carbocycles. The van der Waals surface area contributed by atoms with Crippen LogP contribution in [0.2, 0.25) is 0 Å². The van der Waals surface area contributed by atoms with Crippen LogP contribution in [0.3, 0.4) is 0 Å². The lowest BCUT2D eigenvalue weighted by atomic mass is 10.1. The predicted octanol–water partition coefficient (Wildman–Crippen LogP) is 2.83. The Kier molecular flexibility index (Phi) is 2.25. The van der Waals surface area contributed by atoms with Crippen molar-refractivity contribution >= 4 is 36.0 Å². The molecule has 2 N–H and O–H groups in total. The second kappa shape index (κ2) is 3.29. The topological polar surface area (TPSA) is 40.5 Å². The lowest BCUT2D eigenvalue weighted by Gasteiger charge is -2.06. The Balaban J connectivity index is 2.94. The van der Waals surface area contributed by atoms with E-state index in [1.54, 1.807) is 12.1 Å². The van der Waals surface area contributed by atoms with Crippen LogP contribution in [0.1, 0.15) is 0 Å². The molecule has 0 fully saturated rings. The number of hydrogen-bond donors (Lipinski definition) is 4. The average Bonchev–Trinajstić information content (AvgIpc) is 2.17. The third-order valence-electron chi connectivity index (χ3n) is 2.10. The molecule has 2 rings (SSSR count). The van der Waals surface area contributed by atoms with Gasteiger partial charge in [-0.15, -0.1) is 25.3 Å². The van der Waals surface area contributed by atoms with Gasteiger partial charge in [0.25, 0.3) is 0 Å². The molecule has 0 aromatic heterocycles. The highest BCUT2D eigenvalue weighted by atomic mass is 32.1. The summed E-state index contributed by atoms with van der Waals surface area (Å²) in [7, 11) is 0. The summed E-state index contributed by atoms with van der Waals surface area (Å²) in [5.41, 5.74) is 0. The minimum Gasteiger partial charge on any atom is -0.507 e. The largest absolute Gasteiger partial charge is 0.507 e. The van der Waals surface area contributed by atoms with Crippen molar-refractivity contribution in [1.29, 1.82) is 0 Å². The first kappa shape index (κ1) is 9.55. The summed E-state index contributed by atoms with van der Waals surface area (Å²) >= 11 is 8.36. The number of thiol groups is 2. The number of rotatable bonds is 0. The van der Waals surface area contributed by atoms with Crippen LogP contribution < -0.4 is 0 Å². The van der Waals surface area contributed by atoms with Gasteiger partial charge in [-0.1, -0.05) is 0 Å². The zero-order chi connectivity index (χ0) is 10.3. The van der Waals surface area contributed by atoms with E-state index >= 15 is 0 Å². The molecule has 0 saturated carbocycles. The second-order valence-electron chi connectivity index (χ2n) is 2.96. The SMILES string of the molecule is Oc1ccc2c(S)c(O)ccc2c1S. The van der Waals surface area contributed by atoms with Gasteiger partial charge < -0.3 is 10.2 Å². The smallest absolute Gasteiger partial charge is 0.129 e. The standard InChI is InChI=1S/C10H8O2S2/c11-7-3-1-5-6(10(7)14)2-4-8(12)9(5)13/h1-4,11-14H. The molecule has 0 bridgehead atoms. The van der Waals surface area contributed by atoms with Crippen LogP contribution in [-0.2, 0) is 0 Å². The van der Waals surface area contributed by atoms with Gasteiger partial charge in [0.05, 0.1) is 9.79 Å². The Hall–Kier alpha value is -1.00. The highest BCUT2D eigenvalue weighted by molar-refractivity contribution is 7.81. The Morgan fingerprint density at radius 1 is 0.714 bits per heavy atom. The maximum absolute atomic E-state index is 9.41. The molecule has 72 valence electrons. The number of phenols is 2. The summed E-state index contributed by atoms with van der Waals surface area (Å²) in [6, 6.07) is 6.46. The summed E-state index contributed by atoms with van der Waals surface area (Å²) < 4.78 is 0. The van der Waals surface area contributed by atoms with Crippen LogP contribution in [0.25, 0.3) is 10.8 Å². The summed E-state index contributed by atoms with van der Waals surface area (Å²) in [4.78, 5) is 0.996. The highest BCUT2D eigenvalue weighted by Crippen LogP contribution is 2.36. The van der Waals surface area contributed by atoms with Crippen molar-refractivity contribution in [3.05, 3.63) is 24.3 Å². The lowest BCUT2D eigenvalue weighted by Crippen LogP contribution is -1.79. The Morgan fingerprint density at radius 2 is 1.07 bits per heavy atom. The van der Waals surface area contributed by atoms with E-state index in [2.05, 4.69) is 25.3 Å². The van der Waals surface area contributed by atoms with E-state index in [1.165, 1.54) is 12.1 Å². The van der Waals surface area contributed by atoms with Gasteiger partial charge >= 0.3 is 0 Å². The van der Waals surface area contributed by atoms with Crippen LogP contribution >= 0.6 is 25.3 Å². The first-order valence-corrected chi connectivity index (χ1v) is 4.86. The summed E-state index contributed by atoms with van der Waals surface area (Å²) in [5.74, 6) is 0.249. The van der Waals surface area contributed by atoms with Crippen molar-refractivity contribution in [2.45, 2.75) is 9.79 Å². The molecule has 0 unspecified atom stereocenters. The third-order valence-corrected chi connectivity index (χ3v) is 3.04. The first-order valence-electron chi connectivity index (χ1n) is 3.97. The van der Waals surface area contributed by atoms with Crippen LogP contribution in [0.15, 0.2) is 34.1 Å². The molecule has 0 spiro atoms. The molecule has 14 heavy (non-hydrogen) atoms. The number of benzene rings is 2. The van der Waals surface area contributed by atoms with Gasteiger partial charge in [0.1, 0.15) is 11.5 Å². The Bertz CT molecular complexity index is 462. The van der Waals surface area contributed by atoms with Gasteiger partial charge in [-0.25, -0.2) is 0 Å². The van der Waals surface area contributed by atoms with Crippen LogP contribution in [0.5, 0.6) is 11.5 Å². The van der Waals surface area contributed by atoms with Gasteiger partial charge in [-0.2, -0.15) is 0 Å². The second-order valence-corrected chi connectivity index (χ2v) is 3.86. The molecular weight excluding hydrogens is 216 g/mol. The number of phenolic OH excluding ortho intramolecular Hbond substituents is 2. The first-order chi connectivity index (χ1) is 6.61. The fourth-order valence-electron chi connectivity index (χ4n) is 1.35. The Morgan fingerprint density at radius 3 is 1.43 bits per heavy atom. The van der Waals surface area contributed by atoms with Crippen molar-refractivity contribution in [2.24, 2.45) is 0 Å². The minimum absolute atomic E-state index is 0.124. The number of hydrogen-bond acceptors (Lipinski definition) is 4. The van der Waals surface area contributed by atoms with Crippen LogP contribution in [0.4, 0.5) is 0 Å². The van der Waals surface area contributed by atoms with Crippen molar-refractivity contribution in [1.82, 2.24) is 0 Å². The Labute approximate surface area is 92.0 Å². The molecule has 2 nitrogen and oxygen atoms in total. The fraction of sp³-hybridized carbons (Fsp3) is 0. The highest BCUT2D eigenvalue weighted by Gasteiger charge is 2.07. The fourth-order valence-corrected chi connectivity index (χ4v) is 1.89. The molecule has 0 atom stereocenters. The van der Waals surface area contributed by atoms with E-state index in [-0.39, 0.29) is 11.5 Å². The summed E-state index contributed by atoms with van der Waals surface area (Å²) in [6.07, 6.45) is 0. The summed E-state index contributed by atoms with van der Waals surface area (Å²) in [5, 5.41) is 20.4. The van der Waals surface area contributed by atoms with Gasteiger partial charge in [-0.05, 0) is 24.3 Å². The third kappa shape index (κ3) is 1.31. The van der Waals surface area contributed by atoms with Crippen molar-refractivity contribution in [3.8, 4) is 11.5 Å². The van der Waals surface area contributed by atoms with E-state index in [0.29, 0.717) is 9.79 Å². The molecule has 0 aliphatic heterocycles. The zero-order valence-electron chi connectivity index (χ0n) is 7.10. The van der Waals surface area contributed by atoms with Crippen LogP contribution in [0, 0.1) is 0 Å². The van der Waals surface area contributed by atoms with Gasteiger partial charge in [0.15, 0.2) is 0 Å². The predicted molar refractivity (Wildman–Crippen MR) is 61.8 cm³/mol. The quantitative estimate of drug-likeness (QED) is 0.520. The molecule has 0 saturated heterocycles. The average molecular weight is 224 g/mol. The van der Waals surface area contributed by atoms with E-state index in [9.17, 15) is 10.2 Å². The molecule has 2 aromatic rings. The number of fused-ring (bicyclic) bond motifs is 1. The lowest BCUT2D eigenvalue weighted by molar-refractivity contribution is 0.461. The maximum Gasteiger partial charge on any atom is 0.129 e. The molecule has 0 aliphatic rings. The normalized spacial score (nSPS) is 10.7. The van der Waals surface area contributed by atoms with E-state index in [1.807, 2.05) is 0 Å². The van der Waals surface area contributed by atoms with Crippen LogP contribution in [-0.4, -0.2) is 10.2 Å². The maximum atomic E-state index is 9.41. The molecule has 2 aromatic carbocycles. The van der Waals surface area contributed by atoms with Crippen molar-refractivity contribution in [2.75, 3.05) is 0 Å². The molecule has 0 amide bonds. The minimum atomic E-state index is 0.124. The van der Waals surface area contributed by atoms with Crippen molar-refractivity contribution < 1.29 is 10.2 Å². The molecule has 4 heteroatoms. The number of aromatic hydroxyl groups is 2. The van der Waals surface area contributed by atoms with Gasteiger partial charge in [-0.3, -0.25) is 0 Å². The molecule has 0 radical (unpaired) electrons. The van der Waals surface area contributed by atoms with E-state index in [0.717, 1.165) is 10.8 Å². The molecular formula is C10H8O2S2. The van der Waals surface area contributed by atoms with Crippen molar-refractivity contribution in [3.63, 3.8) is 0 Å². The van der Waals surface area contributed by atoms with E-state index in [4.69, 9.17) is 0 Å². The summed E-state index contributed by atoms with van der Waals surface area (Å²) in [6.45, 7) is 0. The van der Waals surface area contributed by atoms with Gasteiger partial charge in [0, 0.05) is 10.8 Å². The monoisotopic (exact) mass is 224 g/mol. The van der Waals surface area contributed by atoms with E-state index < -0.39 is 0 Å². The van der Waals surface area contributed by atoms with Gasteiger partial charge in [0.2, 0.25) is 0 Å². The zero-order valence-corrected chi connectivity index (χ0v) is 8.89.